The van der Waals surface area contributed by atoms with Gasteiger partial charge in [0.15, 0.2) is 5.96 Å². The van der Waals surface area contributed by atoms with Crippen molar-refractivity contribution < 1.29 is 4.39 Å². The van der Waals surface area contributed by atoms with Gasteiger partial charge in [0.2, 0.25) is 0 Å². The first kappa shape index (κ1) is 14.1. The summed E-state index contributed by atoms with van der Waals surface area (Å²) in [5.74, 6) is 0.0371. The second-order valence-electron chi connectivity index (χ2n) is 4.93. The van der Waals surface area contributed by atoms with Gasteiger partial charge in [-0.3, -0.25) is 0 Å². The summed E-state index contributed by atoms with van der Waals surface area (Å²) in [7, 11) is 0. The lowest BCUT2D eigenvalue weighted by Crippen LogP contribution is -2.41. The van der Waals surface area contributed by atoms with Gasteiger partial charge >= 0.3 is 0 Å². The largest absolute Gasteiger partial charge is 0.370 e. The SMILES string of the molecule is NC(=NCc1ccc(F)c(Cl)c1)NC1CCCCC1. The van der Waals surface area contributed by atoms with E-state index in [2.05, 4.69) is 10.3 Å². The highest BCUT2D eigenvalue weighted by atomic mass is 35.5. The average Bonchev–Trinajstić information content (AvgIpc) is 2.41. The molecule has 19 heavy (non-hydrogen) atoms. The van der Waals surface area contributed by atoms with Gasteiger partial charge in [-0.1, -0.05) is 36.9 Å². The summed E-state index contributed by atoms with van der Waals surface area (Å²) in [6.45, 7) is 0.408. The molecule has 1 aliphatic carbocycles. The van der Waals surface area contributed by atoms with E-state index >= 15 is 0 Å². The van der Waals surface area contributed by atoms with E-state index in [4.69, 9.17) is 17.3 Å². The molecule has 0 unspecified atom stereocenters. The first-order chi connectivity index (χ1) is 9.15. The molecule has 3 nitrogen and oxygen atoms in total. The monoisotopic (exact) mass is 283 g/mol. The Morgan fingerprint density at radius 2 is 2.11 bits per heavy atom. The third-order valence-corrected chi connectivity index (χ3v) is 3.66. The predicted molar refractivity (Wildman–Crippen MR) is 76.7 cm³/mol. The number of halogens is 2. The number of hydrogen-bond acceptors (Lipinski definition) is 1. The maximum Gasteiger partial charge on any atom is 0.189 e. The molecule has 0 atom stereocenters. The van der Waals surface area contributed by atoms with Crippen LogP contribution < -0.4 is 11.1 Å². The van der Waals surface area contributed by atoms with Crippen LogP contribution in [0.4, 0.5) is 4.39 Å². The van der Waals surface area contributed by atoms with Crippen LogP contribution in [0.5, 0.6) is 0 Å². The van der Waals surface area contributed by atoms with Gasteiger partial charge in [-0.2, -0.15) is 0 Å². The van der Waals surface area contributed by atoms with Gasteiger partial charge < -0.3 is 11.1 Å². The first-order valence-electron chi connectivity index (χ1n) is 6.65. The van der Waals surface area contributed by atoms with E-state index in [-0.39, 0.29) is 5.02 Å². The van der Waals surface area contributed by atoms with Gasteiger partial charge in [-0.15, -0.1) is 0 Å². The van der Waals surface area contributed by atoms with Gasteiger partial charge in [0.05, 0.1) is 11.6 Å². The highest BCUT2D eigenvalue weighted by Crippen LogP contribution is 2.18. The molecule has 0 spiro atoms. The molecule has 0 aliphatic heterocycles. The lowest BCUT2D eigenvalue weighted by atomic mass is 9.96. The van der Waals surface area contributed by atoms with Crippen LogP contribution in [-0.2, 0) is 6.54 Å². The fourth-order valence-electron chi connectivity index (χ4n) is 2.32. The molecular weight excluding hydrogens is 265 g/mol. The molecule has 2 rings (SSSR count). The lowest BCUT2D eigenvalue weighted by Gasteiger charge is -2.23. The van der Waals surface area contributed by atoms with E-state index in [0.29, 0.717) is 18.5 Å². The summed E-state index contributed by atoms with van der Waals surface area (Å²) in [5.41, 5.74) is 6.70. The highest BCUT2D eigenvalue weighted by molar-refractivity contribution is 6.30. The number of benzene rings is 1. The maximum absolute atomic E-state index is 13.0. The topological polar surface area (TPSA) is 50.4 Å². The molecule has 1 saturated carbocycles. The summed E-state index contributed by atoms with van der Waals surface area (Å²) < 4.78 is 13.0. The van der Waals surface area contributed by atoms with Crippen molar-refractivity contribution in [2.75, 3.05) is 0 Å². The zero-order chi connectivity index (χ0) is 13.7. The lowest BCUT2D eigenvalue weighted by molar-refractivity contribution is 0.412. The molecule has 0 amide bonds. The minimum Gasteiger partial charge on any atom is -0.370 e. The van der Waals surface area contributed by atoms with Crippen LogP contribution in [0.15, 0.2) is 23.2 Å². The number of nitrogens with one attached hydrogen (secondary N) is 1. The molecule has 0 radical (unpaired) electrons. The van der Waals surface area contributed by atoms with E-state index in [0.717, 1.165) is 18.4 Å². The van der Waals surface area contributed by atoms with E-state index in [1.807, 2.05) is 0 Å². The zero-order valence-electron chi connectivity index (χ0n) is 10.8. The third-order valence-electron chi connectivity index (χ3n) is 3.37. The van der Waals surface area contributed by atoms with Crippen LogP contribution in [0, 0.1) is 5.82 Å². The predicted octanol–water partition coefficient (Wildman–Crippen LogP) is 3.22. The molecular formula is C14H19ClFN3. The maximum atomic E-state index is 13.0. The quantitative estimate of drug-likeness (QED) is 0.661. The average molecular weight is 284 g/mol. The van der Waals surface area contributed by atoms with Crippen molar-refractivity contribution >= 4 is 17.6 Å². The summed E-state index contributed by atoms with van der Waals surface area (Å²) in [6.07, 6.45) is 6.11. The van der Waals surface area contributed by atoms with Gasteiger partial charge in [-0.25, -0.2) is 9.38 Å². The van der Waals surface area contributed by atoms with Crippen molar-refractivity contribution in [3.8, 4) is 0 Å². The minimum absolute atomic E-state index is 0.117. The van der Waals surface area contributed by atoms with E-state index < -0.39 is 5.82 Å². The number of aliphatic imine (C=N–C) groups is 1. The first-order valence-corrected chi connectivity index (χ1v) is 7.03. The molecule has 1 aromatic rings. The fraction of sp³-hybridized carbons (Fsp3) is 0.500. The molecule has 0 heterocycles. The van der Waals surface area contributed by atoms with Crippen LogP contribution in [0.2, 0.25) is 5.02 Å². The van der Waals surface area contributed by atoms with E-state index in [1.165, 1.54) is 25.3 Å². The fourth-order valence-corrected chi connectivity index (χ4v) is 2.52. The molecule has 5 heteroatoms. The van der Waals surface area contributed by atoms with Crippen LogP contribution >= 0.6 is 11.6 Å². The molecule has 104 valence electrons. The van der Waals surface area contributed by atoms with Crippen molar-refractivity contribution in [3.05, 3.63) is 34.6 Å². The molecule has 0 aromatic heterocycles. The van der Waals surface area contributed by atoms with Gasteiger partial charge in [-0.05, 0) is 30.5 Å². The standard InChI is InChI=1S/C14H19ClFN3/c15-12-8-10(6-7-13(12)16)9-18-14(17)19-11-4-2-1-3-5-11/h6-8,11H,1-5,9H2,(H3,17,18,19). The van der Waals surface area contributed by atoms with Crippen molar-refractivity contribution in [1.82, 2.24) is 5.32 Å². The van der Waals surface area contributed by atoms with Gasteiger partial charge in [0.1, 0.15) is 5.82 Å². The van der Waals surface area contributed by atoms with Gasteiger partial charge in [0, 0.05) is 6.04 Å². The Bertz CT molecular complexity index is 456. The number of nitrogens with zero attached hydrogens (tertiary/aromatic N) is 1. The van der Waals surface area contributed by atoms with Crippen LogP contribution in [0.1, 0.15) is 37.7 Å². The Balaban J connectivity index is 1.87. The van der Waals surface area contributed by atoms with Gasteiger partial charge in [0.25, 0.3) is 0 Å². The molecule has 1 aromatic carbocycles. The van der Waals surface area contributed by atoms with E-state index in [1.54, 1.807) is 12.1 Å². The summed E-state index contributed by atoms with van der Waals surface area (Å²) in [6, 6.07) is 5.03. The molecule has 1 fully saturated rings. The van der Waals surface area contributed by atoms with Crippen molar-refractivity contribution in [2.24, 2.45) is 10.7 Å². The summed E-state index contributed by atoms with van der Waals surface area (Å²) >= 11 is 5.71. The number of rotatable bonds is 3. The normalized spacial score (nSPS) is 17.5. The molecule has 1 aliphatic rings. The van der Waals surface area contributed by atoms with E-state index in [9.17, 15) is 4.39 Å². The Kier molecular flexibility index (Phi) is 5.02. The van der Waals surface area contributed by atoms with Crippen molar-refractivity contribution in [1.29, 1.82) is 0 Å². The molecule has 0 saturated heterocycles. The molecule has 3 N–H and O–H groups in total. The van der Waals surface area contributed by atoms with Crippen LogP contribution in [0.3, 0.4) is 0 Å². The summed E-state index contributed by atoms with van der Waals surface area (Å²) in [4.78, 5) is 4.26. The number of hydrogen-bond donors (Lipinski definition) is 2. The minimum atomic E-state index is -0.414. The smallest absolute Gasteiger partial charge is 0.189 e. The van der Waals surface area contributed by atoms with Crippen LogP contribution in [-0.4, -0.2) is 12.0 Å². The Morgan fingerprint density at radius 1 is 1.37 bits per heavy atom. The number of guanidine groups is 1. The number of nitrogens with two attached hydrogens (primary N) is 1. The second kappa shape index (κ2) is 6.75. The van der Waals surface area contributed by atoms with Crippen molar-refractivity contribution in [2.45, 2.75) is 44.7 Å². The Labute approximate surface area is 118 Å². The Hall–Kier alpha value is -1.29. The molecule has 0 bridgehead atoms. The van der Waals surface area contributed by atoms with Crippen molar-refractivity contribution in [3.63, 3.8) is 0 Å². The summed E-state index contributed by atoms with van der Waals surface area (Å²) in [5, 5.41) is 3.35. The third kappa shape index (κ3) is 4.39. The zero-order valence-corrected chi connectivity index (χ0v) is 11.6. The van der Waals surface area contributed by atoms with Crippen LogP contribution in [0.25, 0.3) is 0 Å². The second-order valence-corrected chi connectivity index (χ2v) is 5.34. The Morgan fingerprint density at radius 3 is 2.79 bits per heavy atom. The highest BCUT2D eigenvalue weighted by Gasteiger charge is 2.13.